The van der Waals surface area contributed by atoms with Crippen molar-refractivity contribution < 1.29 is 9.53 Å². The van der Waals surface area contributed by atoms with E-state index in [1.54, 1.807) is 11.4 Å². The first-order chi connectivity index (χ1) is 12.6. The molecule has 0 amide bonds. The minimum atomic E-state index is -0.379. The van der Waals surface area contributed by atoms with Crippen LogP contribution in [0.1, 0.15) is 41.9 Å². The fourth-order valence-corrected chi connectivity index (χ4v) is 3.41. The van der Waals surface area contributed by atoms with E-state index < -0.39 is 0 Å². The third-order valence-electron chi connectivity index (χ3n) is 3.71. The number of benzene rings is 1. The number of carbonyl (C=O) groups excluding carboxylic acids is 1. The van der Waals surface area contributed by atoms with Gasteiger partial charge in [-0.15, -0.1) is 5.10 Å². The molecule has 136 valence electrons. The molecule has 0 spiro atoms. The number of aromatic nitrogens is 4. The smallest absolute Gasteiger partial charge is 0.341 e. The summed E-state index contributed by atoms with van der Waals surface area (Å²) in [6.07, 6.45) is 3.09. The van der Waals surface area contributed by atoms with E-state index in [1.807, 2.05) is 31.2 Å². The van der Waals surface area contributed by atoms with Crippen LogP contribution in [0.5, 0.6) is 0 Å². The zero-order valence-electron chi connectivity index (χ0n) is 14.6. The number of aryl methyl sites for hydroxylation is 1. The predicted molar refractivity (Wildman–Crippen MR) is 102 cm³/mol. The number of carbonyl (C=O) groups is 1. The normalized spacial score (nSPS) is 11.0. The molecule has 0 aliphatic heterocycles. The molecule has 1 aromatic carbocycles. The molecule has 3 aromatic rings. The second-order valence-corrected chi connectivity index (χ2v) is 6.99. The van der Waals surface area contributed by atoms with Gasteiger partial charge < -0.3 is 4.74 Å². The molecule has 0 saturated carbocycles. The summed E-state index contributed by atoms with van der Waals surface area (Å²) < 4.78 is 6.78. The van der Waals surface area contributed by atoms with Crippen molar-refractivity contribution in [1.29, 1.82) is 0 Å². The van der Waals surface area contributed by atoms with Gasteiger partial charge in [-0.2, -0.15) is 9.50 Å². The zero-order chi connectivity index (χ0) is 18.5. The number of halogens is 1. The van der Waals surface area contributed by atoms with Crippen LogP contribution in [0, 0.1) is 0 Å². The van der Waals surface area contributed by atoms with Crippen LogP contribution in [0.3, 0.4) is 0 Å². The molecule has 6 nitrogen and oxygen atoms in total. The summed E-state index contributed by atoms with van der Waals surface area (Å²) in [7, 11) is 0. The lowest BCUT2D eigenvalue weighted by Gasteiger charge is -2.08. The molecular weight excluding hydrogens is 372 g/mol. The Labute approximate surface area is 160 Å². The minimum Gasteiger partial charge on any atom is -0.462 e. The van der Waals surface area contributed by atoms with E-state index in [9.17, 15) is 4.79 Å². The number of nitrogens with zero attached hydrogens (tertiary/aromatic N) is 4. The first-order valence-corrected chi connectivity index (χ1v) is 9.77. The van der Waals surface area contributed by atoms with E-state index in [-0.39, 0.29) is 5.97 Å². The monoisotopic (exact) mass is 390 g/mol. The molecule has 0 aliphatic rings. The van der Waals surface area contributed by atoms with Gasteiger partial charge >= 0.3 is 5.97 Å². The lowest BCUT2D eigenvalue weighted by Crippen LogP contribution is -2.13. The largest absolute Gasteiger partial charge is 0.462 e. The molecule has 0 radical (unpaired) electrons. The maximum absolute atomic E-state index is 12.2. The molecule has 0 saturated heterocycles. The highest BCUT2D eigenvalue weighted by molar-refractivity contribution is 7.98. The number of hydrogen-bond acceptors (Lipinski definition) is 6. The van der Waals surface area contributed by atoms with Crippen molar-refractivity contribution in [2.45, 2.75) is 37.6 Å². The van der Waals surface area contributed by atoms with E-state index in [1.165, 1.54) is 18.0 Å². The minimum absolute atomic E-state index is 0.321. The Morgan fingerprint density at radius 2 is 2.04 bits per heavy atom. The quantitative estimate of drug-likeness (QED) is 0.445. The van der Waals surface area contributed by atoms with Crippen molar-refractivity contribution in [3.05, 3.63) is 52.3 Å². The predicted octanol–water partition coefficient (Wildman–Crippen LogP) is 4.20. The average Bonchev–Trinajstić information content (AvgIpc) is 3.05. The van der Waals surface area contributed by atoms with Crippen molar-refractivity contribution in [1.82, 2.24) is 19.6 Å². The van der Waals surface area contributed by atoms with Gasteiger partial charge in [-0.05, 0) is 31.0 Å². The van der Waals surface area contributed by atoms with Gasteiger partial charge in [0.15, 0.2) is 0 Å². The van der Waals surface area contributed by atoms with Gasteiger partial charge in [0.05, 0.1) is 17.9 Å². The first-order valence-electron chi connectivity index (χ1n) is 8.41. The zero-order valence-corrected chi connectivity index (χ0v) is 16.2. The third-order valence-corrected chi connectivity index (χ3v) is 4.87. The Kier molecular flexibility index (Phi) is 6.11. The Balaban J connectivity index is 1.88. The molecule has 0 aliphatic carbocycles. The van der Waals surface area contributed by atoms with Gasteiger partial charge in [-0.1, -0.05) is 48.8 Å². The average molecular weight is 391 g/mol. The van der Waals surface area contributed by atoms with Crippen LogP contribution >= 0.6 is 23.4 Å². The number of ether oxygens (including phenoxy) is 1. The Morgan fingerprint density at radius 3 is 2.73 bits per heavy atom. The highest BCUT2D eigenvalue weighted by Crippen LogP contribution is 2.22. The van der Waals surface area contributed by atoms with Gasteiger partial charge in [0.25, 0.3) is 5.78 Å². The Hall–Kier alpha value is -2.12. The summed E-state index contributed by atoms with van der Waals surface area (Å²) in [6, 6.07) is 7.68. The molecule has 26 heavy (non-hydrogen) atoms. The topological polar surface area (TPSA) is 69.4 Å². The third kappa shape index (κ3) is 4.16. The standard InChI is InChI=1S/C18H19ClN4O2S/c1-3-5-15-14(16(24)25-4-2)10-20-17-21-18(22-23(15)17)26-11-12-6-8-13(19)9-7-12/h6-10H,3-5,11H2,1-2H3. The number of rotatable bonds is 7. The molecule has 0 unspecified atom stereocenters. The lowest BCUT2D eigenvalue weighted by molar-refractivity contribution is 0.0523. The van der Waals surface area contributed by atoms with Gasteiger partial charge in [0.2, 0.25) is 5.16 Å². The summed E-state index contributed by atoms with van der Waals surface area (Å²) >= 11 is 7.43. The van der Waals surface area contributed by atoms with Gasteiger partial charge in [-0.25, -0.2) is 9.78 Å². The van der Waals surface area contributed by atoms with E-state index in [0.29, 0.717) is 34.5 Å². The second kappa shape index (κ2) is 8.51. The number of esters is 1. The summed E-state index contributed by atoms with van der Waals surface area (Å²) in [5.41, 5.74) is 2.36. The summed E-state index contributed by atoms with van der Waals surface area (Å²) in [5.74, 6) is 0.832. The number of fused-ring (bicyclic) bond motifs is 1. The molecule has 2 aromatic heterocycles. The Bertz CT molecular complexity index is 911. The van der Waals surface area contributed by atoms with Gasteiger partial charge in [0.1, 0.15) is 0 Å². The van der Waals surface area contributed by atoms with Crippen LogP contribution in [0.2, 0.25) is 5.02 Å². The van der Waals surface area contributed by atoms with Crippen LogP contribution < -0.4 is 0 Å². The van der Waals surface area contributed by atoms with Crippen LogP contribution in [0.15, 0.2) is 35.6 Å². The summed E-state index contributed by atoms with van der Waals surface area (Å²) in [5, 5.41) is 5.87. The van der Waals surface area contributed by atoms with Crippen molar-refractivity contribution >= 4 is 35.1 Å². The van der Waals surface area contributed by atoms with Gasteiger partial charge in [-0.3, -0.25) is 0 Å². The van der Waals surface area contributed by atoms with Crippen LogP contribution in [-0.2, 0) is 16.9 Å². The maximum Gasteiger partial charge on any atom is 0.341 e. The lowest BCUT2D eigenvalue weighted by atomic mass is 10.1. The van der Waals surface area contributed by atoms with Gasteiger partial charge in [0, 0.05) is 17.0 Å². The van der Waals surface area contributed by atoms with Crippen molar-refractivity contribution in [2.24, 2.45) is 0 Å². The molecule has 3 rings (SSSR count). The van der Waals surface area contributed by atoms with Crippen molar-refractivity contribution in [3.63, 3.8) is 0 Å². The first kappa shape index (κ1) is 18.7. The molecule has 0 bridgehead atoms. The fraction of sp³-hybridized carbons (Fsp3) is 0.333. The van der Waals surface area contributed by atoms with E-state index in [0.717, 1.165) is 23.4 Å². The van der Waals surface area contributed by atoms with Crippen LogP contribution in [-0.4, -0.2) is 32.2 Å². The molecule has 0 fully saturated rings. The van der Waals surface area contributed by atoms with Crippen LogP contribution in [0.25, 0.3) is 5.78 Å². The fourth-order valence-electron chi connectivity index (χ4n) is 2.51. The second-order valence-electron chi connectivity index (χ2n) is 5.61. The highest BCUT2D eigenvalue weighted by atomic mass is 35.5. The van der Waals surface area contributed by atoms with Crippen LogP contribution in [0.4, 0.5) is 0 Å². The van der Waals surface area contributed by atoms with E-state index in [2.05, 4.69) is 15.1 Å². The molecular formula is C18H19ClN4O2S. The molecule has 0 N–H and O–H groups in total. The van der Waals surface area contributed by atoms with E-state index in [4.69, 9.17) is 16.3 Å². The van der Waals surface area contributed by atoms with Crippen molar-refractivity contribution in [2.75, 3.05) is 6.61 Å². The summed E-state index contributed by atoms with van der Waals surface area (Å²) in [6.45, 7) is 4.15. The van der Waals surface area contributed by atoms with Crippen molar-refractivity contribution in [3.8, 4) is 0 Å². The molecule has 2 heterocycles. The SMILES string of the molecule is CCCc1c(C(=O)OCC)cnc2nc(SCc3ccc(Cl)cc3)nn12. The molecule has 8 heteroatoms. The number of hydrogen-bond donors (Lipinski definition) is 0. The van der Waals surface area contributed by atoms with E-state index >= 15 is 0 Å². The maximum atomic E-state index is 12.2. The Morgan fingerprint density at radius 1 is 1.27 bits per heavy atom. The number of thioether (sulfide) groups is 1. The summed E-state index contributed by atoms with van der Waals surface area (Å²) in [4.78, 5) is 20.9. The highest BCUT2D eigenvalue weighted by Gasteiger charge is 2.18. The molecule has 0 atom stereocenters.